The lowest BCUT2D eigenvalue weighted by Gasteiger charge is -2.11. The minimum Gasteiger partial charge on any atom is -0.491 e. The van der Waals surface area contributed by atoms with Crippen LogP contribution in [0, 0.1) is 5.92 Å². The van der Waals surface area contributed by atoms with E-state index in [0.29, 0.717) is 23.7 Å². The van der Waals surface area contributed by atoms with Crippen molar-refractivity contribution in [3.63, 3.8) is 0 Å². The molecular weight excluding hydrogens is 370 g/mol. The number of amides is 1. The average molecular weight is 391 g/mol. The number of ether oxygens (including phenoxy) is 2. The Kier molecular flexibility index (Phi) is 4.19. The Morgan fingerprint density at radius 2 is 2.03 bits per heavy atom. The molecule has 0 bridgehead atoms. The summed E-state index contributed by atoms with van der Waals surface area (Å²) in [7, 11) is 3.12. The molecule has 29 heavy (non-hydrogen) atoms. The number of hydrogen-bond acceptors (Lipinski definition) is 6. The van der Waals surface area contributed by atoms with E-state index in [0.717, 1.165) is 35.1 Å². The molecule has 0 radical (unpaired) electrons. The molecule has 8 heteroatoms. The molecule has 0 aromatic carbocycles. The van der Waals surface area contributed by atoms with Gasteiger partial charge in [0.15, 0.2) is 5.75 Å². The fourth-order valence-corrected chi connectivity index (χ4v) is 3.58. The molecule has 8 nitrogen and oxygen atoms in total. The molecule has 0 spiro atoms. The van der Waals surface area contributed by atoms with Crippen molar-refractivity contribution in [2.75, 3.05) is 19.1 Å². The standard InChI is InChI=1S/C21H21N5O3/c1-28-19-7-14(8-22-20(19)29-2)17-6-5-16-18(24-17)12-26(21(16)27)15-9-23-25(11-15)10-13-3-4-13/h5-9,11,13H,3-4,10,12H2,1-2H3. The molecule has 3 aromatic heterocycles. The van der Waals surface area contributed by atoms with E-state index in [-0.39, 0.29) is 5.91 Å². The number of fused-ring (bicyclic) bond motifs is 1. The van der Waals surface area contributed by atoms with Crippen LogP contribution in [-0.2, 0) is 13.1 Å². The molecule has 148 valence electrons. The first-order valence-corrected chi connectivity index (χ1v) is 9.59. The Balaban J connectivity index is 1.41. The highest BCUT2D eigenvalue weighted by molar-refractivity contribution is 6.09. The minimum absolute atomic E-state index is 0.0459. The smallest absolute Gasteiger partial charge is 0.260 e. The number of anilines is 1. The van der Waals surface area contributed by atoms with E-state index in [4.69, 9.17) is 14.5 Å². The highest BCUT2D eigenvalue weighted by Gasteiger charge is 2.31. The summed E-state index contributed by atoms with van der Waals surface area (Å²) in [6, 6.07) is 5.49. The molecular formula is C21H21N5O3. The van der Waals surface area contributed by atoms with Crippen LogP contribution in [0.2, 0.25) is 0 Å². The van der Waals surface area contributed by atoms with Gasteiger partial charge < -0.3 is 9.47 Å². The molecule has 0 atom stereocenters. The number of aromatic nitrogens is 4. The van der Waals surface area contributed by atoms with E-state index in [1.54, 1.807) is 31.5 Å². The molecule has 0 N–H and O–H groups in total. The summed E-state index contributed by atoms with van der Waals surface area (Å²) in [5.41, 5.74) is 3.71. The van der Waals surface area contributed by atoms with Crippen LogP contribution in [0.4, 0.5) is 5.69 Å². The maximum absolute atomic E-state index is 12.9. The van der Waals surface area contributed by atoms with Crippen molar-refractivity contribution in [3.05, 3.63) is 48.0 Å². The number of pyridine rings is 2. The maximum Gasteiger partial charge on any atom is 0.260 e. The van der Waals surface area contributed by atoms with E-state index >= 15 is 0 Å². The van der Waals surface area contributed by atoms with Crippen molar-refractivity contribution in [1.82, 2.24) is 19.7 Å². The van der Waals surface area contributed by atoms with Crippen LogP contribution in [0.15, 0.2) is 36.8 Å². The van der Waals surface area contributed by atoms with Crippen molar-refractivity contribution >= 4 is 11.6 Å². The van der Waals surface area contributed by atoms with Crippen LogP contribution in [0.5, 0.6) is 11.6 Å². The zero-order chi connectivity index (χ0) is 20.0. The number of methoxy groups -OCH3 is 2. The topological polar surface area (TPSA) is 82.4 Å². The molecule has 0 saturated heterocycles. The van der Waals surface area contributed by atoms with E-state index < -0.39 is 0 Å². The molecule has 1 amide bonds. The van der Waals surface area contributed by atoms with Gasteiger partial charge >= 0.3 is 0 Å². The Morgan fingerprint density at radius 3 is 2.79 bits per heavy atom. The largest absolute Gasteiger partial charge is 0.491 e. The molecule has 1 fully saturated rings. The van der Waals surface area contributed by atoms with Crippen LogP contribution in [0.3, 0.4) is 0 Å². The molecule has 2 aliphatic rings. The van der Waals surface area contributed by atoms with Gasteiger partial charge in [0.25, 0.3) is 11.8 Å². The first-order chi connectivity index (χ1) is 14.2. The number of carbonyl (C=O) groups excluding carboxylic acids is 1. The number of hydrogen-bond donors (Lipinski definition) is 0. The van der Waals surface area contributed by atoms with Gasteiger partial charge in [0.2, 0.25) is 0 Å². The maximum atomic E-state index is 12.9. The van der Waals surface area contributed by atoms with Gasteiger partial charge in [-0.2, -0.15) is 5.10 Å². The second-order valence-corrected chi connectivity index (χ2v) is 7.38. The van der Waals surface area contributed by atoms with Crippen molar-refractivity contribution in [3.8, 4) is 22.9 Å². The number of carbonyl (C=O) groups is 1. The van der Waals surface area contributed by atoms with Crippen LogP contribution in [-0.4, -0.2) is 39.9 Å². The number of rotatable bonds is 6. The van der Waals surface area contributed by atoms with Gasteiger partial charge in [0.1, 0.15) is 0 Å². The molecule has 0 unspecified atom stereocenters. The third kappa shape index (κ3) is 3.20. The number of nitrogens with zero attached hydrogens (tertiary/aromatic N) is 5. The third-order valence-corrected chi connectivity index (χ3v) is 5.36. The summed E-state index contributed by atoms with van der Waals surface area (Å²) in [4.78, 5) is 23.6. The average Bonchev–Trinajstić information content (AvgIpc) is 3.34. The summed E-state index contributed by atoms with van der Waals surface area (Å²) in [6.45, 7) is 1.35. The van der Waals surface area contributed by atoms with Crippen molar-refractivity contribution in [1.29, 1.82) is 0 Å². The lowest BCUT2D eigenvalue weighted by molar-refractivity contribution is 0.0996. The minimum atomic E-state index is -0.0459. The molecule has 1 aliphatic carbocycles. The first kappa shape index (κ1) is 17.7. The van der Waals surface area contributed by atoms with Crippen molar-refractivity contribution in [2.24, 2.45) is 5.92 Å². The summed E-state index contributed by atoms with van der Waals surface area (Å²) in [5, 5.41) is 4.41. The van der Waals surface area contributed by atoms with Crippen LogP contribution in [0.25, 0.3) is 11.3 Å². The van der Waals surface area contributed by atoms with E-state index in [1.807, 2.05) is 29.1 Å². The van der Waals surface area contributed by atoms with E-state index in [2.05, 4.69) is 10.1 Å². The molecule has 5 rings (SSSR count). The van der Waals surface area contributed by atoms with Gasteiger partial charge in [0.05, 0.1) is 49.6 Å². The van der Waals surface area contributed by atoms with Gasteiger partial charge in [-0.15, -0.1) is 0 Å². The van der Waals surface area contributed by atoms with Gasteiger partial charge in [-0.05, 0) is 37.0 Å². The van der Waals surface area contributed by atoms with Crippen molar-refractivity contribution < 1.29 is 14.3 Å². The van der Waals surface area contributed by atoms with Gasteiger partial charge in [-0.3, -0.25) is 19.4 Å². The Morgan fingerprint density at radius 1 is 1.17 bits per heavy atom. The Labute approximate surface area is 168 Å². The quantitative estimate of drug-likeness (QED) is 0.643. The molecule has 4 heterocycles. The van der Waals surface area contributed by atoms with Gasteiger partial charge in [0, 0.05) is 24.5 Å². The highest BCUT2D eigenvalue weighted by atomic mass is 16.5. The van der Waals surface area contributed by atoms with Crippen LogP contribution in [0.1, 0.15) is 28.9 Å². The second kappa shape index (κ2) is 6.88. The monoisotopic (exact) mass is 391 g/mol. The predicted molar refractivity (Wildman–Crippen MR) is 106 cm³/mol. The molecule has 3 aromatic rings. The van der Waals surface area contributed by atoms with Gasteiger partial charge in [-0.1, -0.05) is 0 Å². The normalized spacial score (nSPS) is 15.5. The predicted octanol–water partition coefficient (Wildman–Crippen LogP) is 2.93. The fourth-order valence-electron chi connectivity index (χ4n) is 3.58. The van der Waals surface area contributed by atoms with Gasteiger partial charge in [-0.25, -0.2) is 4.98 Å². The molecule has 1 saturated carbocycles. The third-order valence-electron chi connectivity index (χ3n) is 5.36. The second-order valence-electron chi connectivity index (χ2n) is 7.38. The van der Waals surface area contributed by atoms with Crippen LogP contribution >= 0.6 is 0 Å². The summed E-state index contributed by atoms with van der Waals surface area (Å²) in [5.74, 6) is 1.64. The van der Waals surface area contributed by atoms with E-state index in [9.17, 15) is 4.79 Å². The summed E-state index contributed by atoms with van der Waals surface area (Å²) >= 11 is 0. The first-order valence-electron chi connectivity index (χ1n) is 9.59. The lowest BCUT2D eigenvalue weighted by atomic mass is 10.1. The fraction of sp³-hybridized carbons (Fsp3) is 0.333. The van der Waals surface area contributed by atoms with Crippen LogP contribution < -0.4 is 14.4 Å². The SMILES string of the molecule is COc1cc(-c2ccc3c(n2)CN(c2cnn(CC4CC4)c2)C3=O)cnc1OC. The van der Waals surface area contributed by atoms with E-state index in [1.165, 1.54) is 12.8 Å². The summed E-state index contributed by atoms with van der Waals surface area (Å²) in [6.07, 6.45) is 7.92. The zero-order valence-corrected chi connectivity index (χ0v) is 16.3. The Hall–Kier alpha value is -3.42. The molecule has 1 aliphatic heterocycles. The summed E-state index contributed by atoms with van der Waals surface area (Å²) < 4.78 is 12.5. The highest BCUT2D eigenvalue weighted by Crippen LogP contribution is 2.33. The lowest BCUT2D eigenvalue weighted by Crippen LogP contribution is -2.22. The zero-order valence-electron chi connectivity index (χ0n) is 16.3. The van der Waals surface area contributed by atoms with Crippen molar-refractivity contribution in [2.45, 2.75) is 25.9 Å². The Bertz CT molecular complexity index is 1090.